The second-order valence-corrected chi connectivity index (χ2v) is 5.36. The highest BCUT2D eigenvalue weighted by atomic mass is 35.5. The van der Waals surface area contributed by atoms with Gasteiger partial charge in [0.15, 0.2) is 0 Å². The van der Waals surface area contributed by atoms with Crippen molar-refractivity contribution >= 4 is 23.3 Å². The molecule has 112 valence electrons. The Hall–Kier alpha value is -1.29. The van der Waals surface area contributed by atoms with Crippen LogP contribution in [0.5, 0.6) is 0 Å². The zero-order chi connectivity index (χ0) is 15.0. The lowest BCUT2D eigenvalue weighted by Gasteiger charge is -2.14. The molecule has 0 fully saturated rings. The van der Waals surface area contributed by atoms with Crippen molar-refractivity contribution < 1.29 is 4.79 Å². The van der Waals surface area contributed by atoms with E-state index in [1.54, 1.807) is 6.07 Å². The summed E-state index contributed by atoms with van der Waals surface area (Å²) in [4.78, 5) is 16.3. The van der Waals surface area contributed by atoms with Gasteiger partial charge in [-0.3, -0.25) is 4.79 Å². The van der Waals surface area contributed by atoms with Crippen molar-refractivity contribution in [3.8, 4) is 0 Å². The maximum Gasteiger partial charge on any atom is 0.253 e. The number of nitrogens with zero attached hydrogens (tertiary/aromatic N) is 1. The molecule has 1 aromatic rings. The average molecular weight is 298 g/mol. The summed E-state index contributed by atoms with van der Waals surface area (Å²) in [6.45, 7) is 6.92. The highest BCUT2D eigenvalue weighted by Gasteiger charge is 2.14. The summed E-state index contributed by atoms with van der Waals surface area (Å²) in [6, 6.07) is 1.85. The van der Waals surface area contributed by atoms with Crippen LogP contribution in [0.2, 0.25) is 5.02 Å². The van der Waals surface area contributed by atoms with Crippen molar-refractivity contribution in [1.82, 2.24) is 10.3 Å². The quantitative estimate of drug-likeness (QED) is 0.716. The summed E-state index contributed by atoms with van der Waals surface area (Å²) < 4.78 is 0. The molecule has 1 amide bonds. The first-order valence-electron chi connectivity index (χ1n) is 7.28. The van der Waals surface area contributed by atoms with Crippen LogP contribution in [0.25, 0.3) is 0 Å². The first kappa shape index (κ1) is 16.8. The molecule has 0 aliphatic carbocycles. The molecule has 1 atom stereocenters. The minimum absolute atomic E-state index is 0.138. The Balaban J connectivity index is 2.64. The fraction of sp³-hybridized carbons (Fsp3) is 0.600. The van der Waals surface area contributed by atoms with Gasteiger partial charge in [-0.15, -0.1) is 0 Å². The molecule has 2 N–H and O–H groups in total. The molecule has 4 nitrogen and oxygen atoms in total. The van der Waals surface area contributed by atoms with Gasteiger partial charge in [0.2, 0.25) is 0 Å². The van der Waals surface area contributed by atoms with Gasteiger partial charge in [-0.1, -0.05) is 37.8 Å². The number of carbonyl (C=O) groups is 1. The third-order valence-corrected chi connectivity index (χ3v) is 3.38. The lowest BCUT2D eigenvalue weighted by Crippen LogP contribution is -2.32. The first-order chi connectivity index (χ1) is 9.58. The minimum atomic E-state index is -0.138. The largest absolute Gasteiger partial charge is 0.370 e. The van der Waals surface area contributed by atoms with Crippen molar-refractivity contribution in [2.75, 3.05) is 11.9 Å². The van der Waals surface area contributed by atoms with Gasteiger partial charge in [0.05, 0.1) is 10.6 Å². The summed E-state index contributed by atoms with van der Waals surface area (Å²) in [6.07, 6.45) is 6.01. The molecule has 0 aliphatic heterocycles. The maximum absolute atomic E-state index is 12.2. The topological polar surface area (TPSA) is 54.0 Å². The number of carbonyl (C=O) groups excluding carboxylic acids is 1. The normalized spacial score (nSPS) is 12.0. The van der Waals surface area contributed by atoms with E-state index < -0.39 is 0 Å². The van der Waals surface area contributed by atoms with Gasteiger partial charge < -0.3 is 10.6 Å². The fourth-order valence-electron chi connectivity index (χ4n) is 1.96. The van der Waals surface area contributed by atoms with Gasteiger partial charge in [-0.2, -0.15) is 0 Å². The number of anilines is 1. The Kier molecular flexibility index (Phi) is 7.37. The third kappa shape index (κ3) is 5.37. The molecular weight excluding hydrogens is 274 g/mol. The van der Waals surface area contributed by atoms with Crippen LogP contribution >= 0.6 is 11.6 Å². The van der Waals surface area contributed by atoms with Crippen LogP contribution in [0.4, 0.5) is 5.82 Å². The minimum Gasteiger partial charge on any atom is -0.370 e. The molecule has 0 saturated carbocycles. The Morgan fingerprint density at radius 2 is 2.15 bits per heavy atom. The van der Waals surface area contributed by atoms with Crippen LogP contribution in [0.3, 0.4) is 0 Å². The standard InChI is InChI=1S/C15H24ClN3O/c1-4-6-7-8-11(3)19-15(20)12-9-14(17-5-2)18-10-13(12)16/h9-11H,4-8H2,1-3H3,(H,17,18)(H,19,20). The zero-order valence-corrected chi connectivity index (χ0v) is 13.3. The first-order valence-corrected chi connectivity index (χ1v) is 7.66. The van der Waals surface area contributed by atoms with E-state index in [0.717, 1.165) is 19.4 Å². The van der Waals surface area contributed by atoms with Crippen LogP contribution in [-0.4, -0.2) is 23.5 Å². The van der Waals surface area contributed by atoms with Crippen LogP contribution in [0.15, 0.2) is 12.3 Å². The summed E-state index contributed by atoms with van der Waals surface area (Å²) in [5.74, 6) is 0.529. The van der Waals surface area contributed by atoms with Gasteiger partial charge in [0.25, 0.3) is 5.91 Å². The SMILES string of the molecule is CCCCCC(C)NC(=O)c1cc(NCC)ncc1Cl. The predicted molar refractivity (Wildman–Crippen MR) is 84.5 cm³/mol. The molecule has 1 unspecified atom stereocenters. The number of pyridine rings is 1. The van der Waals surface area contributed by atoms with E-state index in [0.29, 0.717) is 16.4 Å². The molecule has 0 aromatic carbocycles. The number of aromatic nitrogens is 1. The van der Waals surface area contributed by atoms with E-state index >= 15 is 0 Å². The van der Waals surface area contributed by atoms with Gasteiger partial charge in [0, 0.05) is 18.8 Å². The van der Waals surface area contributed by atoms with E-state index in [1.165, 1.54) is 19.0 Å². The second kappa shape index (κ2) is 8.80. The lowest BCUT2D eigenvalue weighted by atomic mass is 10.1. The summed E-state index contributed by atoms with van der Waals surface area (Å²) in [5, 5.41) is 6.44. The van der Waals surface area contributed by atoms with E-state index in [9.17, 15) is 4.79 Å². The molecule has 0 radical (unpaired) electrons. The molecule has 0 bridgehead atoms. The maximum atomic E-state index is 12.2. The van der Waals surface area contributed by atoms with Gasteiger partial charge in [-0.05, 0) is 26.3 Å². The Bertz CT molecular complexity index is 437. The molecule has 0 aliphatic rings. The smallest absolute Gasteiger partial charge is 0.253 e. The Morgan fingerprint density at radius 3 is 2.80 bits per heavy atom. The number of hydrogen-bond acceptors (Lipinski definition) is 3. The van der Waals surface area contributed by atoms with Crippen LogP contribution in [0, 0.1) is 0 Å². The number of amides is 1. The van der Waals surface area contributed by atoms with Crippen LogP contribution in [0.1, 0.15) is 56.8 Å². The number of unbranched alkanes of at least 4 members (excludes halogenated alkanes) is 2. The molecular formula is C15H24ClN3O. The predicted octanol–water partition coefficient (Wildman–Crippen LogP) is 3.87. The number of rotatable bonds is 8. The summed E-state index contributed by atoms with van der Waals surface area (Å²) >= 11 is 6.05. The molecule has 1 aromatic heterocycles. The molecule has 0 saturated heterocycles. The van der Waals surface area contributed by atoms with Gasteiger partial charge in [0.1, 0.15) is 5.82 Å². The average Bonchev–Trinajstić information content (AvgIpc) is 2.41. The highest BCUT2D eigenvalue weighted by Crippen LogP contribution is 2.18. The van der Waals surface area contributed by atoms with Crippen molar-refractivity contribution in [1.29, 1.82) is 0 Å². The lowest BCUT2D eigenvalue weighted by molar-refractivity contribution is 0.0938. The monoisotopic (exact) mass is 297 g/mol. The highest BCUT2D eigenvalue weighted by molar-refractivity contribution is 6.33. The summed E-state index contributed by atoms with van der Waals surface area (Å²) in [5.41, 5.74) is 0.472. The van der Waals surface area contributed by atoms with Gasteiger partial charge >= 0.3 is 0 Å². The van der Waals surface area contributed by atoms with E-state index in [4.69, 9.17) is 11.6 Å². The molecule has 5 heteroatoms. The second-order valence-electron chi connectivity index (χ2n) is 4.95. The van der Waals surface area contributed by atoms with Crippen molar-refractivity contribution in [3.05, 3.63) is 22.8 Å². The fourth-order valence-corrected chi connectivity index (χ4v) is 2.15. The Labute approximate surface area is 126 Å². The molecule has 1 heterocycles. The molecule has 1 rings (SSSR count). The number of nitrogens with one attached hydrogen (secondary N) is 2. The molecule has 20 heavy (non-hydrogen) atoms. The zero-order valence-electron chi connectivity index (χ0n) is 12.5. The van der Waals surface area contributed by atoms with E-state index in [-0.39, 0.29) is 11.9 Å². The summed E-state index contributed by atoms with van der Waals surface area (Å²) in [7, 11) is 0. The van der Waals surface area contributed by atoms with Crippen LogP contribution < -0.4 is 10.6 Å². The van der Waals surface area contributed by atoms with E-state index in [1.807, 2.05) is 13.8 Å². The number of hydrogen-bond donors (Lipinski definition) is 2. The van der Waals surface area contributed by atoms with Crippen LogP contribution in [-0.2, 0) is 0 Å². The molecule has 0 spiro atoms. The Morgan fingerprint density at radius 1 is 1.40 bits per heavy atom. The van der Waals surface area contributed by atoms with Crippen molar-refractivity contribution in [2.24, 2.45) is 0 Å². The van der Waals surface area contributed by atoms with Crippen molar-refractivity contribution in [2.45, 2.75) is 52.5 Å². The van der Waals surface area contributed by atoms with E-state index in [2.05, 4.69) is 22.5 Å². The van der Waals surface area contributed by atoms with Gasteiger partial charge in [-0.25, -0.2) is 4.98 Å². The number of halogens is 1. The third-order valence-electron chi connectivity index (χ3n) is 3.08. The van der Waals surface area contributed by atoms with Crippen molar-refractivity contribution in [3.63, 3.8) is 0 Å².